The van der Waals surface area contributed by atoms with Crippen LogP contribution in [0.25, 0.3) is 0 Å². The molecule has 20 heavy (non-hydrogen) atoms. The van der Waals surface area contributed by atoms with Crippen LogP contribution in [0.15, 0.2) is 29.2 Å². The molecule has 0 aromatic heterocycles. The number of benzene rings is 1. The van der Waals surface area contributed by atoms with E-state index in [0.717, 1.165) is 6.26 Å². The highest BCUT2D eigenvalue weighted by Crippen LogP contribution is 2.20. The molecule has 0 saturated carbocycles. The second-order valence-electron chi connectivity index (χ2n) is 3.92. The van der Waals surface area contributed by atoms with E-state index in [1.165, 1.54) is 24.3 Å². The third-order valence-electron chi connectivity index (χ3n) is 2.06. The van der Waals surface area contributed by atoms with Crippen molar-refractivity contribution in [1.82, 2.24) is 0 Å². The quantitative estimate of drug-likeness (QED) is 0.896. The smallest absolute Gasteiger partial charge is 0.362 e. The number of rotatable bonds is 5. The lowest BCUT2D eigenvalue weighted by Crippen LogP contribution is -2.24. The Morgan fingerprint density at radius 2 is 1.90 bits per heavy atom. The lowest BCUT2D eigenvalue weighted by atomic mass is 10.3. The molecule has 1 aromatic rings. The molecular formula is C11H12F3NO4S. The molecule has 0 aliphatic rings. The van der Waals surface area contributed by atoms with E-state index in [0.29, 0.717) is 0 Å². The molecule has 0 bridgehead atoms. The Kier molecular flexibility index (Phi) is 5.12. The van der Waals surface area contributed by atoms with Gasteiger partial charge >= 0.3 is 6.18 Å². The van der Waals surface area contributed by atoms with Crippen LogP contribution in [-0.2, 0) is 19.4 Å². The zero-order valence-electron chi connectivity index (χ0n) is 10.4. The van der Waals surface area contributed by atoms with Crippen LogP contribution in [0.5, 0.6) is 0 Å². The first-order chi connectivity index (χ1) is 9.09. The number of carbonyl (C=O) groups is 1. The van der Waals surface area contributed by atoms with Gasteiger partial charge in [-0.3, -0.25) is 4.79 Å². The van der Waals surface area contributed by atoms with E-state index in [1.807, 2.05) is 0 Å². The van der Waals surface area contributed by atoms with Crippen molar-refractivity contribution in [2.45, 2.75) is 11.1 Å². The van der Waals surface area contributed by atoms with Gasteiger partial charge in [-0.15, -0.1) is 0 Å². The Morgan fingerprint density at radius 1 is 1.30 bits per heavy atom. The highest BCUT2D eigenvalue weighted by Gasteiger charge is 2.27. The van der Waals surface area contributed by atoms with E-state index >= 15 is 0 Å². The lowest BCUT2D eigenvalue weighted by Gasteiger charge is -2.10. The Balaban J connectivity index is 2.68. The van der Waals surface area contributed by atoms with Gasteiger partial charge in [0.15, 0.2) is 9.84 Å². The summed E-state index contributed by atoms with van der Waals surface area (Å²) < 4.78 is 62.5. The van der Waals surface area contributed by atoms with Gasteiger partial charge in [-0.1, -0.05) is 12.1 Å². The number of nitrogens with one attached hydrogen (secondary N) is 1. The van der Waals surface area contributed by atoms with Crippen LogP contribution >= 0.6 is 0 Å². The molecule has 0 spiro atoms. The predicted octanol–water partition coefficient (Wildman–Crippen LogP) is 1.61. The van der Waals surface area contributed by atoms with Gasteiger partial charge in [0.2, 0.25) is 5.91 Å². The van der Waals surface area contributed by atoms with Crippen molar-refractivity contribution in [3.63, 3.8) is 0 Å². The van der Waals surface area contributed by atoms with Crippen LogP contribution in [0.4, 0.5) is 18.9 Å². The topological polar surface area (TPSA) is 72.5 Å². The van der Waals surface area contributed by atoms with Crippen LogP contribution in [-0.4, -0.2) is 40.0 Å². The minimum absolute atomic E-state index is 0.00407. The number of ether oxygens (including phenoxy) is 1. The van der Waals surface area contributed by atoms with E-state index in [-0.39, 0.29) is 10.6 Å². The molecule has 0 aliphatic carbocycles. The summed E-state index contributed by atoms with van der Waals surface area (Å²) in [6.45, 7) is -2.37. The van der Waals surface area contributed by atoms with Gasteiger partial charge < -0.3 is 10.1 Å². The Hall–Kier alpha value is -1.61. The molecule has 9 heteroatoms. The summed E-state index contributed by atoms with van der Waals surface area (Å²) in [6.07, 6.45) is -3.57. The van der Waals surface area contributed by atoms with Crippen LogP contribution < -0.4 is 5.32 Å². The van der Waals surface area contributed by atoms with Gasteiger partial charge in [0.25, 0.3) is 0 Å². The van der Waals surface area contributed by atoms with Crippen LogP contribution in [0, 0.1) is 0 Å². The van der Waals surface area contributed by atoms with Crippen molar-refractivity contribution in [2.75, 3.05) is 24.8 Å². The first-order valence-electron chi connectivity index (χ1n) is 5.33. The van der Waals surface area contributed by atoms with Crippen molar-refractivity contribution in [3.05, 3.63) is 24.3 Å². The maximum atomic E-state index is 11.8. The molecule has 0 radical (unpaired) electrons. The lowest BCUT2D eigenvalue weighted by molar-refractivity contribution is -0.174. The number of halogens is 3. The summed E-state index contributed by atoms with van der Waals surface area (Å²) >= 11 is 0. The summed E-state index contributed by atoms with van der Waals surface area (Å²) in [7, 11) is -3.56. The van der Waals surface area contributed by atoms with Crippen LogP contribution in [0.2, 0.25) is 0 Å². The number of alkyl halides is 3. The fourth-order valence-electron chi connectivity index (χ4n) is 1.34. The summed E-state index contributed by atoms with van der Waals surface area (Å²) in [5.41, 5.74) is -0.00407. The van der Waals surface area contributed by atoms with Crippen LogP contribution in [0.3, 0.4) is 0 Å². The summed E-state index contributed by atoms with van der Waals surface area (Å²) in [6, 6.07) is 5.56. The van der Waals surface area contributed by atoms with Crippen molar-refractivity contribution in [1.29, 1.82) is 0 Å². The zero-order chi connectivity index (χ0) is 15.4. The molecular weight excluding hydrogens is 299 g/mol. The van der Waals surface area contributed by atoms with Gasteiger partial charge in [0, 0.05) is 6.26 Å². The zero-order valence-corrected chi connectivity index (χ0v) is 11.2. The Labute approximate surface area is 113 Å². The van der Waals surface area contributed by atoms with Crippen LogP contribution in [0.1, 0.15) is 0 Å². The average molecular weight is 311 g/mol. The van der Waals surface area contributed by atoms with Crippen molar-refractivity contribution < 1.29 is 31.1 Å². The Morgan fingerprint density at radius 3 is 2.45 bits per heavy atom. The van der Waals surface area contributed by atoms with Gasteiger partial charge in [-0.2, -0.15) is 13.2 Å². The Bertz CT molecular complexity index is 584. The number of hydrogen-bond donors (Lipinski definition) is 1. The fourth-order valence-corrected chi connectivity index (χ4v) is 2.18. The minimum Gasteiger partial charge on any atom is -0.362 e. The molecule has 0 saturated heterocycles. The standard InChI is InChI=1S/C11H12F3NO4S/c1-20(17,18)9-5-3-2-4-8(9)15-10(16)6-19-7-11(12,13)14/h2-5H,6-7H2,1H3,(H,15,16). The van der Waals surface area contributed by atoms with Crippen molar-refractivity contribution in [3.8, 4) is 0 Å². The largest absolute Gasteiger partial charge is 0.411 e. The molecule has 1 N–H and O–H groups in total. The van der Waals surface area contributed by atoms with Gasteiger partial charge in [-0.05, 0) is 12.1 Å². The van der Waals surface area contributed by atoms with Gasteiger partial charge in [0.1, 0.15) is 13.2 Å². The van der Waals surface area contributed by atoms with Gasteiger partial charge in [-0.25, -0.2) is 8.42 Å². The third kappa shape index (κ3) is 5.57. The molecule has 1 aromatic carbocycles. The molecule has 1 rings (SSSR count). The normalized spacial score (nSPS) is 12.2. The number of sulfone groups is 1. The summed E-state index contributed by atoms with van der Waals surface area (Å²) in [4.78, 5) is 11.3. The molecule has 0 fully saturated rings. The molecule has 0 heterocycles. The van der Waals surface area contributed by atoms with Crippen molar-refractivity contribution >= 4 is 21.4 Å². The van der Waals surface area contributed by atoms with Gasteiger partial charge in [0.05, 0.1) is 10.6 Å². The number of amides is 1. The van der Waals surface area contributed by atoms with E-state index in [9.17, 15) is 26.4 Å². The number of hydrogen-bond acceptors (Lipinski definition) is 4. The number of anilines is 1. The number of para-hydroxylation sites is 1. The highest BCUT2D eigenvalue weighted by atomic mass is 32.2. The van der Waals surface area contributed by atoms with Crippen molar-refractivity contribution in [2.24, 2.45) is 0 Å². The summed E-state index contributed by atoms with van der Waals surface area (Å²) in [5.74, 6) is -0.870. The summed E-state index contributed by atoms with van der Waals surface area (Å²) in [5, 5.41) is 2.19. The highest BCUT2D eigenvalue weighted by molar-refractivity contribution is 7.90. The molecule has 112 valence electrons. The fraction of sp³-hybridized carbons (Fsp3) is 0.364. The molecule has 0 unspecified atom stereocenters. The monoisotopic (exact) mass is 311 g/mol. The first-order valence-corrected chi connectivity index (χ1v) is 7.22. The second kappa shape index (κ2) is 6.23. The average Bonchev–Trinajstić information content (AvgIpc) is 2.26. The molecule has 1 amide bonds. The maximum absolute atomic E-state index is 11.8. The van der Waals surface area contributed by atoms with E-state index in [1.54, 1.807) is 0 Å². The number of carbonyl (C=O) groups excluding carboxylic acids is 1. The maximum Gasteiger partial charge on any atom is 0.411 e. The molecule has 0 aliphatic heterocycles. The third-order valence-corrected chi connectivity index (χ3v) is 3.21. The SMILES string of the molecule is CS(=O)(=O)c1ccccc1NC(=O)COCC(F)(F)F. The second-order valence-corrected chi connectivity index (χ2v) is 5.91. The molecule has 5 nitrogen and oxygen atoms in total. The molecule has 0 atom stereocenters. The predicted molar refractivity (Wildman–Crippen MR) is 65.1 cm³/mol. The first kappa shape index (κ1) is 16.4. The van der Waals surface area contributed by atoms with E-state index in [4.69, 9.17) is 0 Å². The van der Waals surface area contributed by atoms with E-state index < -0.39 is 35.1 Å². The minimum atomic E-state index is -4.52. The van der Waals surface area contributed by atoms with E-state index in [2.05, 4.69) is 10.1 Å².